The average Bonchev–Trinajstić information content (AvgIpc) is 3.26. The maximum absolute atomic E-state index is 12.3. The molecule has 0 bridgehead atoms. The summed E-state index contributed by atoms with van der Waals surface area (Å²) in [5.41, 5.74) is -0.750. The quantitative estimate of drug-likeness (QED) is 0.827. The van der Waals surface area contributed by atoms with E-state index in [2.05, 4.69) is 15.0 Å². The molecule has 1 atom stereocenters. The number of β-amino-alcohol motifs (C(OH)–C–C–N with tert-alkyl or cyclic N) is 1. The van der Waals surface area contributed by atoms with Gasteiger partial charge in [0.1, 0.15) is 0 Å². The fourth-order valence-corrected chi connectivity index (χ4v) is 3.46. The highest BCUT2D eigenvalue weighted by Crippen LogP contribution is 2.25. The average molecular weight is 322 g/mol. The van der Waals surface area contributed by atoms with Gasteiger partial charge in [-0.3, -0.25) is 4.79 Å². The van der Waals surface area contributed by atoms with Crippen LogP contribution in [0.1, 0.15) is 44.3 Å². The van der Waals surface area contributed by atoms with Crippen LogP contribution >= 0.6 is 0 Å². The fourth-order valence-electron chi connectivity index (χ4n) is 3.46. The van der Waals surface area contributed by atoms with E-state index in [1.165, 1.54) is 12.8 Å². The summed E-state index contributed by atoms with van der Waals surface area (Å²) in [6.45, 7) is 5.84. The number of likely N-dealkylation sites (tertiary alicyclic amines) is 2. The Kier molecular flexibility index (Phi) is 4.96. The van der Waals surface area contributed by atoms with Crippen molar-refractivity contribution in [3.05, 3.63) is 11.7 Å². The normalized spacial score (nSPS) is 25.4. The molecule has 128 valence electrons. The maximum atomic E-state index is 12.3. The highest BCUT2D eigenvalue weighted by molar-refractivity contribution is 5.76. The molecule has 1 unspecified atom stereocenters. The molecular weight excluding hydrogens is 296 g/mol. The number of amides is 1. The fraction of sp³-hybridized carbons (Fsp3) is 0.812. The van der Waals surface area contributed by atoms with E-state index in [1.54, 1.807) is 4.90 Å². The zero-order chi connectivity index (χ0) is 16.3. The van der Waals surface area contributed by atoms with Crippen LogP contribution in [0, 0.1) is 0 Å². The third kappa shape index (κ3) is 4.09. The van der Waals surface area contributed by atoms with E-state index < -0.39 is 5.60 Å². The largest absolute Gasteiger partial charge is 0.387 e. The van der Waals surface area contributed by atoms with Gasteiger partial charge in [0, 0.05) is 32.4 Å². The van der Waals surface area contributed by atoms with Crippen LogP contribution in [-0.4, -0.2) is 69.3 Å². The first kappa shape index (κ1) is 16.4. The monoisotopic (exact) mass is 322 g/mol. The van der Waals surface area contributed by atoms with Crippen LogP contribution < -0.4 is 0 Å². The molecule has 2 fully saturated rings. The number of aliphatic hydroxyl groups is 1. The third-order valence-electron chi connectivity index (χ3n) is 4.78. The Hall–Kier alpha value is -1.47. The Morgan fingerprint density at radius 2 is 2.13 bits per heavy atom. The van der Waals surface area contributed by atoms with E-state index in [1.807, 2.05) is 6.92 Å². The predicted octanol–water partition coefficient (Wildman–Crippen LogP) is 0.624. The molecule has 2 saturated heterocycles. The second-order valence-corrected chi connectivity index (χ2v) is 6.73. The lowest BCUT2D eigenvalue weighted by atomic mass is 10.0. The van der Waals surface area contributed by atoms with Crippen molar-refractivity contribution in [1.82, 2.24) is 19.9 Å². The van der Waals surface area contributed by atoms with Crippen molar-refractivity contribution in [1.29, 1.82) is 0 Å². The molecular formula is C16H26N4O3. The van der Waals surface area contributed by atoms with E-state index in [0.29, 0.717) is 50.6 Å². The van der Waals surface area contributed by atoms with Gasteiger partial charge in [0.05, 0.1) is 12.1 Å². The first-order valence-corrected chi connectivity index (χ1v) is 8.62. The highest BCUT2D eigenvalue weighted by Gasteiger charge is 2.39. The highest BCUT2D eigenvalue weighted by atomic mass is 16.5. The number of hydrogen-bond donors (Lipinski definition) is 1. The number of rotatable bonds is 6. The zero-order valence-electron chi connectivity index (χ0n) is 13.8. The molecule has 23 heavy (non-hydrogen) atoms. The van der Waals surface area contributed by atoms with Gasteiger partial charge in [-0.1, -0.05) is 12.1 Å². The Bertz CT molecular complexity index is 541. The predicted molar refractivity (Wildman–Crippen MR) is 83.8 cm³/mol. The van der Waals surface area contributed by atoms with Crippen molar-refractivity contribution in [3.8, 4) is 0 Å². The van der Waals surface area contributed by atoms with Gasteiger partial charge in [0.15, 0.2) is 5.82 Å². The maximum Gasteiger partial charge on any atom is 0.227 e. The molecule has 0 saturated carbocycles. The summed E-state index contributed by atoms with van der Waals surface area (Å²) in [4.78, 5) is 20.6. The van der Waals surface area contributed by atoms with Crippen molar-refractivity contribution in [2.24, 2.45) is 0 Å². The lowest BCUT2D eigenvalue weighted by Gasteiger charge is -2.28. The third-order valence-corrected chi connectivity index (χ3v) is 4.78. The van der Waals surface area contributed by atoms with Gasteiger partial charge >= 0.3 is 0 Å². The van der Waals surface area contributed by atoms with E-state index in [4.69, 9.17) is 4.52 Å². The van der Waals surface area contributed by atoms with Gasteiger partial charge in [-0.05, 0) is 32.4 Å². The van der Waals surface area contributed by atoms with Crippen LogP contribution in [0.5, 0.6) is 0 Å². The van der Waals surface area contributed by atoms with Gasteiger partial charge in [-0.25, -0.2) is 0 Å². The number of carbonyl (C=O) groups excluding carboxylic acids is 1. The van der Waals surface area contributed by atoms with Crippen LogP contribution in [0.3, 0.4) is 0 Å². The van der Waals surface area contributed by atoms with Gasteiger partial charge < -0.3 is 19.4 Å². The summed E-state index contributed by atoms with van der Waals surface area (Å²) in [5, 5.41) is 14.5. The molecule has 0 aliphatic carbocycles. The zero-order valence-corrected chi connectivity index (χ0v) is 13.8. The van der Waals surface area contributed by atoms with Crippen LogP contribution in [0.15, 0.2) is 4.52 Å². The second-order valence-electron chi connectivity index (χ2n) is 6.73. The molecule has 2 aliphatic rings. The van der Waals surface area contributed by atoms with Crippen LogP contribution in [0.25, 0.3) is 0 Å². The molecule has 3 rings (SSSR count). The Morgan fingerprint density at radius 3 is 2.83 bits per heavy atom. The lowest BCUT2D eigenvalue weighted by molar-refractivity contribution is -0.131. The van der Waals surface area contributed by atoms with Gasteiger partial charge in [0.2, 0.25) is 11.8 Å². The van der Waals surface area contributed by atoms with Crippen molar-refractivity contribution in [3.63, 3.8) is 0 Å². The van der Waals surface area contributed by atoms with E-state index in [0.717, 1.165) is 19.5 Å². The summed E-state index contributed by atoms with van der Waals surface area (Å²) in [5.74, 6) is 1.24. The molecule has 1 aromatic rings. The second kappa shape index (κ2) is 6.97. The molecule has 0 spiro atoms. The molecule has 1 aromatic heterocycles. The van der Waals surface area contributed by atoms with Crippen molar-refractivity contribution < 1.29 is 14.4 Å². The molecule has 0 radical (unpaired) electrons. The molecule has 7 nitrogen and oxygen atoms in total. The first-order chi connectivity index (χ1) is 11.1. The minimum atomic E-state index is -0.750. The van der Waals surface area contributed by atoms with Gasteiger partial charge in [-0.15, -0.1) is 0 Å². The number of aryl methyl sites for hydroxylation is 2. The minimum Gasteiger partial charge on any atom is -0.387 e. The van der Waals surface area contributed by atoms with E-state index in [9.17, 15) is 9.90 Å². The molecule has 7 heteroatoms. The Labute approximate surface area is 136 Å². The Balaban J connectivity index is 1.46. The topological polar surface area (TPSA) is 82.7 Å². The molecule has 0 aromatic carbocycles. The summed E-state index contributed by atoms with van der Waals surface area (Å²) < 4.78 is 5.11. The van der Waals surface area contributed by atoms with Crippen LogP contribution in [0.2, 0.25) is 0 Å². The summed E-state index contributed by atoms with van der Waals surface area (Å²) >= 11 is 0. The molecule has 2 aliphatic heterocycles. The van der Waals surface area contributed by atoms with Crippen molar-refractivity contribution in [2.45, 2.75) is 51.0 Å². The number of aromatic nitrogens is 2. The Morgan fingerprint density at radius 1 is 1.35 bits per heavy atom. The van der Waals surface area contributed by atoms with Crippen LogP contribution in [-0.2, 0) is 17.6 Å². The molecule has 3 heterocycles. The number of carbonyl (C=O) groups is 1. The van der Waals surface area contributed by atoms with Crippen molar-refractivity contribution >= 4 is 5.91 Å². The lowest BCUT2D eigenvalue weighted by Crippen LogP contribution is -2.45. The van der Waals surface area contributed by atoms with Gasteiger partial charge in [-0.2, -0.15) is 4.98 Å². The van der Waals surface area contributed by atoms with E-state index >= 15 is 0 Å². The molecule has 1 amide bonds. The van der Waals surface area contributed by atoms with Crippen molar-refractivity contribution in [2.75, 3.05) is 32.7 Å². The van der Waals surface area contributed by atoms with E-state index in [-0.39, 0.29) is 5.91 Å². The first-order valence-electron chi connectivity index (χ1n) is 8.62. The molecule has 1 N–H and O–H groups in total. The summed E-state index contributed by atoms with van der Waals surface area (Å²) in [7, 11) is 0. The number of hydrogen-bond acceptors (Lipinski definition) is 6. The minimum absolute atomic E-state index is 0.0543. The number of nitrogens with zero attached hydrogens (tertiary/aromatic N) is 4. The van der Waals surface area contributed by atoms with Crippen LogP contribution in [0.4, 0.5) is 0 Å². The van der Waals surface area contributed by atoms with Gasteiger partial charge in [0.25, 0.3) is 0 Å². The SMILES string of the molecule is CCc1noc(CCC(=O)N2CCC(O)(CN3CCCC3)C2)n1. The standard InChI is InChI=1S/C16H26N4O3/c1-2-13-17-14(23-18-13)5-6-15(21)20-10-7-16(22,12-20)11-19-8-3-4-9-19/h22H,2-12H2,1H3. The smallest absolute Gasteiger partial charge is 0.227 e. The summed E-state index contributed by atoms with van der Waals surface area (Å²) in [6, 6.07) is 0. The summed E-state index contributed by atoms with van der Waals surface area (Å²) in [6.07, 6.45) is 4.63.